The highest BCUT2D eigenvalue weighted by molar-refractivity contribution is 6.31. The van der Waals surface area contributed by atoms with Crippen molar-refractivity contribution in [1.82, 2.24) is 9.78 Å². The number of hydrogen-bond acceptors (Lipinski definition) is 2. The molecule has 0 spiro atoms. The van der Waals surface area contributed by atoms with E-state index in [0.717, 1.165) is 35.8 Å². The largest absolute Gasteiger partial charge is 0.396 e. The second-order valence-corrected chi connectivity index (χ2v) is 4.37. The molecule has 0 amide bonds. The fraction of sp³-hybridized carbons (Fsp3) is 0.727. The summed E-state index contributed by atoms with van der Waals surface area (Å²) in [5.74, 6) is 0.321. The Labute approximate surface area is 96.1 Å². The predicted molar refractivity (Wildman–Crippen MR) is 62.2 cm³/mol. The second-order valence-electron chi connectivity index (χ2n) is 3.99. The zero-order chi connectivity index (χ0) is 11.4. The van der Waals surface area contributed by atoms with Gasteiger partial charge in [-0.15, -0.1) is 0 Å². The molecule has 86 valence electrons. The number of rotatable bonds is 5. The quantitative estimate of drug-likeness (QED) is 0.844. The molecule has 4 heteroatoms. The maximum absolute atomic E-state index is 8.96. The number of aliphatic hydroxyl groups excluding tert-OH is 1. The number of aliphatic hydroxyl groups is 1. The third-order valence-corrected chi connectivity index (χ3v) is 3.13. The van der Waals surface area contributed by atoms with Crippen LogP contribution in [0.5, 0.6) is 0 Å². The maximum atomic E-state index is 8.96. The van der Waals surface area contributed by atoms with E-state index in [1.54, 1.807) is 0 Å². The molecule has 1 rings (SSSR count). The maximum Gasteiger partial charge on any atom is 0.0847 e. The van der Waals surface area contributed by atoms with Gasteiger partial charge in [-0.1, -0.05) is 18.5 Å². The third kappa shape index (κ3) is 2.95. The van der Waals surface area contributed by atoms with Gasteiger partial charge in [-0.25, -0.2) is 0 Å². The van der Waals surface area contributed by atoms with Crippen LogP contribution in [0.1, 0.15) is 31.7 Å². The van der Waals surface area contributed by atoms with Crippen LogP contribution in [0, 0.1) is 12.8 Å². The van der Waals surface area contributed by atoms with E-state index in [-0.39, 0.29) is 6.61 Å². The normalized spacial score (nSPS) is 13.1. The van der Waals surface area contributed by atoms with Crippen molar-refractivity contribution in [2.75, 3.05) is 6.61 Å². The zero-order valence-corrected chi connectivity index (χ0v) is 10.4. The summed E-state index contributed by atoms with van der Waals surface area (Å²) < 4.78 is 1.95. The molecular formula is C11H19ClN2O. The lowest BCUT2D eigenvalue weighted by Gasteiger charge is -2.09. The standard InChI is InChI=1S/C11H19ClN2O/c1-4-14-10(6-5-8(2)7-15)11(12)9(3)13-14/h8,15H,4-7H2,1-3H3. The predicted octanol–water partition coefficient (Wildman–Crippen LogP) is 2.43. The Bertz CT molecular complexity index is 323. The second kappa shape index (κ2) is 5.52. The Morgan fingerprint density at radius 2 is 2.20 bits per heavy atom. The van der Waals surface area contributed by atoms with E-state index < -0.39 is 0 Å². The molecule has 0 saturated carbocycles. The lowest BCUT2D eigenvalue weighted by Crippen LogP contribution is -2.07. The highest BCUT2D eigenvalue weighted by Crippen LogP contribution is 2.22. The van der Waals surface area contributed by atoms with Crippen molar-refractivity contribution in [2.24, 2.45) is 5.92 Å². The Morgan fingerprint density at radius 3 is 2.73 bits per heavy atom. The van der Waals surface area contributed by atoms with Crippen LogP contribution < -0.4 is 0 Å². The average Bonchev–Trinajstić information content (AvgIpc) is 2.52. The number of halogens is 1. The van der Waals surface area contributed by atoms with Crippen molar-refractivity contribution in [2.45, 2.75) is 40.2 Å². The van der Waals surface area contributed by atoms with Crippen LogP contribution >= 0.6 is 11.6 Å². The average molecular weight is 231 g/mol. The molecule has 0 aliphatic rings. The summed E-state index contributed by atoms with van der Waals surface area (Å²) in [6.45, 7) is 7.09. The minimum absolute atomic E-state index is 0.233. The molecule has 1 unspecified atom stereocenters. The molecule has 3 nitrogen and oxygen atoms in total. The smallest absolute Gasteiger partial charge is 0.0847 e. The molecule has 1 aromatic rings. The van der Waals surface area contributed by atoms with E-state index in [1.807, 2.05) is 18.5 Å². The van der Waals surface area contributed by atoms with Gasteiger partial charge < -0.3 is 5.11 Å². The third-order valence-electron chi connectivity index (χ3n) is 2.64. The summed E-state index contributed by atoms with van der Waals surface area (Å²) in [7, 11) is 0. The minimum atomic E-state index is 0.233. The lowest BCUT2D eigenvalue weighted by molar-refractivity contribution is 0.230. The van der Waals surface area contributed by atoms with Gasteiger partial charge in [0.1, 0.15) is 0 Å². The van der Waals surface area contributed by atoms with Gasteiger partial charge >= 0.3 is 0 Å². The fourth-order valence-electron chi connectivity index (χ4n) is 1.58. The zero-order valence-electron chi connectivity index (χ0n) is 9.63. The molecule has 1 aromatic heterocycles. The molecule has 0 aromatic carbocycles. The van der Waals surface area contributed by atoms with Crippen molar-refractivity contribution < 1.29 is 5.11 Å². The van der Waals surface area contributed by atoms with E-state index in [9.17, 15) is 0 Å². The first-order chi connectivity index (χ1) is 7.10. The van der Waals surface area contributed by atoms with E-state index >= 15 is 0 Å². The van der Waals surface area contributed by atoms with Gasteiger partial charge in [0, 0.05) is 13.2 Å². The molecule has 1 N–H and O–H groups in total. The topological polar surface area (TPSA) is 38.0 Å². The number of aryl methyl sites for hydroxylation is 2. The Balaban J connectivity index is 2.74. The molecule has 0 aliphatic carbocycles. The van der Waals surface area contributed by atoms with E-state index in [2.05, 4.69) is 12.0 Å². The van der Waals surface area contributed by atoms with Gasteiger partial charge in [0.2, 0.25) is 0 Å². The van der Waals surface area contributed by atoms with Crippen molar-refractivity contribution in [1.29, 1.82) is 0 Å². The Kier molecular flexibility index (Phi) is 4.61. The van der Waals surface area contributed by atoms with E-state index in [4.69, 9.17) is 16.7 Å². The summed E-state index contributed by atoms with van der Waals surface area (Å²) in [5.41, 5.74) is 1.99. The monoisotopic (exact) mass is 230 g/mol. The number of hydrogen-bond donors (Lipinski definition) is 1. The molecule has 1 heterocycles. The summed E-state index contributed by atoms with van der Waals surface area (Å²) in [6, 6.07) is 0. The Hall–Kier alpha value is -0.540. The first-order valence-corrected chi connectivity index (χ1v) is 5.80. The van der Waals surface area contributed by atoms with E-state index in [1.165, 1.54) is 0 Å². The van der Waals surface area contributed by atoms with Crippen molar-refractivity contribution in [3.8, 4) is 0 Å². The number of aromatic nitrogens is 2. The van der Waals surface area contributed by atoms with E-state index in [0.29, 0.717) is 5.92 Å². The molecule has 15 heavy (non-hydrogen) atoms. The van der Waals surface area contributed by atoms with Crippen LogP contribution in [-0.4, -0.2) is 21.5 Å². The highest BCUT2D eigenvalue weighted by Gasteiger charge is 2.13. The van der Waals surface area contributed by atoms with Crippen molar-refractivity contribution >= 4 is 11.6 Å². The molecule has 0 saturated heterocycles. The summed E-state index contributed by atoms with van der Waals surface area (Å²) in [6.07, 6.45) is 1.83. The van der Waals surface area contributed by atoms with Crippen LogP contribution in [0.15, 0.2) is 0 Å². The van der Waals surface area contributed by atoms with Gasteiger partial charge in [-0.05, 0) is 32.6 Å². The summed E-state index contributed by atoms with van der Waals surface area (Å²) in [4.78, 5) is 0. The van der Waals surface area contributed by atoms with Crippen molar-refractivity contribution in [3.05, 3.63) is 16.4 Å². The molecule has 1 atom stereocenters. The lowest BCUT2D eigenvalue weighted by atomic mass is 10.1. The van der Waals surface area contributed by atoms with Crippen LogP contribution in [-0.2, 0) is 13.0 Å². The molecular weight excluding hydrogens is 212 g/mol. The van der Waals surface area contributed by atoms with Crippen LogP contribution in [0.4, 0.5) is 0 Å². The van der Waals surface area contributed by atoms with Crippen molar-refractivity contribution in [3.63, 3.8) is 0 Å². The van der Waals surface area contributed by atoms with Crippen LogP contribution in [0.2, 0.25) is 5.02 Å². The van der Waals surface area contributed by atoms with Gasteiger partial charge in [-0.2, -0.15) is 5.10 Å². The summed E-state index contributed by atoms with van der Waals surface area (Å²) in [5, 5.41) is 14.1. The molecule has 0 radical (unpaired) electrons. The molecule has 0 bridgehead atoms. The fourth-order valence-corrected chi connectivity index (χ4v) is 1.81. The SMILES string of the molecule is CCn1nc(C)c(Cl)c1CCC(C)CO. The molecule has 0 aliphatic heterocycles. The van der Waals surface area contributed by atoms with Gasteiger partial charge in [0.25, 0.3) is 0 Å². The first-order valence-electron chi connectivity index (χ1n) is 5.42. The van der Waals surface area contributed by atoms with Gasteiger partial charge in [0.15, 0.2) is 0 Å². The first kappa shape index (κ1) is 12.5. The Morgan fingerprint density at radius 1 is 1.53 bits per heavy atom. The highest BCUT2D eigenvalue weighted by atomic mass is 35.5. The van der Waals surface area contributed by atoms with Gasteiger partial charge in [0.05, 0.1) is 16.4 Å². The minimum Gasteiger partial charge on any atom is -0.396 e. The van der Waals surface area contributed by atoms with Crippen LogP contribution in [0.3, 0.4) is 0 Å². The van der Waals surface area contributed by atoms with Gasteiger partial charge in [-0.3, -0.25) is 4.68 Å². The van der Waals surface area contributed by atoms with Crippen LogP contribution in [0.25, 0.3) is 0 Å². The molecule has 0 fully saturated rings. The summed E-state index contributed by atoms with van der Waals surface area (Å²) >= 11 is 6.17. The number of nitrogens with zero attached hydrogens (tertiary/aromatic N) is 2.